The molecule has 0 aliphatic rings. The molecule has 66 valence electrons. The first-order valence-corrected chi connectivity index (χ1v) is 4.10. The third-order valence-electron chi connectivity index (χ3n) is 1.75. The van der Waals surface area contributed by atoms with Gasteiger partial charge in [-0.1, -0.05) is 12.1 Å². The van der Waals surface area contributed by atoms with Crippen molar-refractivity contribution in [1.82, 2.24) is 0 Å². The van der Waals surface area contributed by atoms with E-state index in [1.54, 1.807) is 6.07 Å². The smallest absolute Gasteiger partial charge is 0.118 e. The van der Waals surface area contributed by atoms with Gasteiger partial charge in [0.15, 0.2) is 0 Å². The highest BCUT2D eigenvalue weighted by molar-refractivity contribution is 5.34. The van der Waals surface area contributed by atoms with Crippen molar-refractivity contribution < 1.29 is 9.84 Å². The second-order valence-corrected chi connectivity index (χ2v) is 2.76. The lowest BCUT2D eigenvalue weighted by Gasteiger charge is -2.03. The maximum Gasteiger partial charge on any atom is 0.118 e. The van der Waals surface area contributed by atoms with E-state index in [0.29, 0.717) is 19.0 Å². The monoisotopic (exact) mass is 166 g/mol. The van der Waals surface area contributed by atoms with Crippen LogP contribution in [0.3, 0.4) is 0 Å². The van der Waals surface area contributed by atoms with Crippen LogP contribution < -0.4 is 0 Å². The fourth-order valence-corrected chi connectivity index (χ4v) is 0.965. The van der Waals surface area contributed by atoms with Gasteiger partial charge in [-0.3, -0.25) is 0 Å². The largest absolute Gasteiger partial charge is 0.508 e. The van der Waals surface area contributed by atoms with Crippen molar-refractivity contribution in [2.24, 2.45) is 0 Å². The van der Waals surface area contributed by atoms with Crippen LogP contribution in [0.4, 0.5) is 0 Å². The van der Waals surface area contributed by atoms with E-state index in [9.17, 15) is 5.11 Å². The van der Waals surface area contributed by atoms with E-state index in [2.05, 4.69) is 0 Å². The molecule has 1 aromatic rings. The number of hydrogen-bond donors (Lipinski definition) is 1. The van der Waals surface area contributed by atoms with Crippen molar-refractivity contribution in [3.05, 3.63) is 29.3 Å². The summed E-state index contributed by atoms with van der Waals surface area (Å²) in [7, 11) is 0. The van der Waals surface area contributed by atoms with Gasteiger partial charge in [-0.25, -0.2) is 0 Å². The highest BCUT2D eigenvalue weighted by Gasteiger charge is 1.97. The minimum absolute atomic E-state index is 0.340. The van der Waals surface area contributed by atoms with Crippen LogP contribution in [0.1, 0.15) is 18.1 Å². The van der Waals surface area contributed by atoms with Crippen LogP contribution in [0.15, 0.2) is 18.2 Å². The summed E-state index contributed by atoms with van der Waals surface area (Å²) in [5, 5.41) is 9.34. The molecule has 0 fully saturated rings. The summed E-state index contributed by atoms with van der Waals surface area (Å²) in [5.41, 5.74) is 1.91. The first kappa shape index (κ1) is 9.07. The molecule has 0 spiro atoms. The maximum absolute atomic E-state index is 9.34. The predicted molar refractivity (Wildman–Crippen MR) is 48.2 cm³/mol. The standard InChI is InChI=1S/C10H14O2/c1-3-12-7-9-5-4-8(2)10(11)6-9/h4-6,11H,3,7H2,1-2H3. The van der Waals surface area contributed by atoms with E-state index in [-0.39, 0.29) is 0 Å². The molecular formula is C10H14O2. The van der Waals surface area contributed by atoms with E-state index in [1.807, 2.05) is 26.0 Å². The Morgan fingerprint density at radius 2 is 2.17 bits per heavy atom. The Morgan fingerprint density at radius 3 is 2.75 bits per heavy atom. The van der Waals surface area contributed by atoms with Gasteiger partial charge < -0.3 is 9.84 Å². The molecule has 0 radical (unpaired) electrons. The summed E-state index contributed by atoms with van der Waals surface area (Å²) >= 11 is 0. The summed E-state index contributed by atoms with van der Waals surface area (Å²) in [6, 6.07) is 5.60. The molecule has 1 N–H and O–H groups in total. The lowest BCUT2D eigenvalue weighted by Crippen LogP contribution is -1.91. The van der Waals surface area contributed by atoms with Gasteiger partial charge in [0.05, 0.1) is 6.61 Å². The van der Waals surface area contributed by atoms with E-state index in [1.165, 1.54) is 0 Å². The Hall–Kier alpha value is -1.02. The first-order chi connectivity index (χ1) is 5.74. The highest BCUT2D eigenvalue weighted by Crippen LogP contribution is 2.17. The number of rotatable bonds is 3. The first-order valence-electron chi connectivity index (χ1n) is 4.10. The van der Waals surface area contributed by atoms with Crippen LogP contribution >= 0.6 is 0 Å². The van der Waals surface area contributed by atoms with Crippen LogP contribution in [0, 0.1) is 6.92 Å². The molecule has 12 heavy (non-hydrogen) atoms. The summed E-state index contributed by atoms with van der Waals surface area (Å²) < 4.78 is 5.20. The molecule has 0 heterocycles. The van der Waals surface area contributed by atoms with Crippen molar-refractivity contribution in [1.29, 1.82) is 0 Å². The SMILES string of the molecule is CCOCc1ccc(C)c(O)c1. The van der Waals surface area contributed by atoms with Gasteiger partial charge in [-0.05, 0) is 31.0 Å². The molecule has 0 unspecified atom stereocenters. The van der Waals surface area contributed by atoms with E-state index in [4.69, 9.17) is 4.74 Å². The fraction of sp³-hybridized carbons (Fsp3) is 0.400. The van der Waals surface area contributed by atoms with Gasteiger partial charge in [-0.15, -0.1) is 0 Å². The highest BCUT2D eigenvalue weighted by atomic mass is 16.5. The second kappa shape index (κ2) is 4.12. The van der Waals surface area contributed by atoms with Gasteiger partial charge >= 0.3 is 0 Å². The molecule has 0 bridgehead atoms. The number of aromatic hydroxyl groups is 1. The molecule has 1 rings (SSSR count). The Bertz CT molecular complexity index is 256. The molecule has 0 aliphatic heterocycles. The number of ether oxygens (including phenoxy) is 1. The minimum Gasteiger partial charge on any atom is -0.508 e. The Balaban J connectivity index is 2.69. The van der Waals surface area contributed by atoms with Gasteiger partial charge in [-0.2, -0.15) is 0 Å². The van der Waals surface area contributed by atoms with Gasteiger partial charge in [0.1, 0.15) is 5.75 Å². The van der Waals surface area contributed by atoms with Gasteiger partial charge in [0.25, 0.3) is 0 Å². The lowest BCUT2D eigenvalue weighted by molar-refractivity contribution is 0.134. The Labute approximate surface area is 72.8 Å². The summed E-state index contributed by atoms with van der Waals surface area (Å²) in [6.45, 7) is 5.10. The number of aryl methyl sites for hydroxylation is 1. The lowest BCUT2D eigenvalue weighted by atomic mass is 10.1. The fourth-order valence-electron chi connectivity index (χ4n) is 0.965. The molecule has 2 nitrogen and oxygen atoms in total. The predicted octanol–water partition coefficient (Wildman–Crippen LogP) is 2.24. The average Bonchev–Trinajstić information content (AvgIpc) is 2.07. The van der Waals surface area contributed by atoms with Gasteiger partial charge in [0, 0.05) is 6.61 Å². The number of benzene rings is 1. The maximum atomic E-state index is 9.34. The second-order valence-electron chi connectivity index (χ2n) is 2.76. The van der Waals surface area contributed by atoms with Crippen molar-refractivity contribution in [3.63, 3.8) is 0 Å². The molecule has 0 amide bonds. The van der Waals surface area contributed by atoms with Crippen LogP contribution in [-0.2, 0) is 11.3 Å². The summed E-state index contributed by atoms with van der Waals surface area (Å²) in [5.74, 6) is 0.340. The average molecular weight is 166 g/mol. The molecule has 0 saturated heterocycles. The third-order valence-corrected chi connectivity index (χ3v) is 1.75. The minimum atomic E-state index is 0.340. The third kappa shape index (κ3) is 2.24. The molecule has 2 heteroatoms. The van der Waals surface area contributed by atoms with Crippen LogP contribution in [0.2, 0.25) is 0 Å². The summed E-state index contributed by atoms with van der Waals surface area (Å²) in [4.78, 5) is 0. The van der Waals surface area contributed by atoms with E-state index >= 15 is 0 Å². The molecule has 0 aromatic heterocycles. The van der Waals surface area contributed by atoms with Crippen LogP contribution in [-0.4, -0.2) is 11.7 Å². The van der Waals surface area contributed by atoms with Crippen LogP contribution in [0.5, 0.6) is 5.75 Å². The number of phenols is 1. The quantitative estimate of drug-likeness (QED) is 0.746. The number of phenolic OH excluding ortho intramolecular Hbond substituents is 1. The Morgan fingerprint density at radius 1 is 1.42 bits per heavy atom. The Kier molecular flexibility index (Phi) is 3.11. The zero-order chi connectivity index (χ0) is 8.97. The van der Waals surface area contributed by atoms with Crippen molar-refractivity contribution in [2.75, 3.05) is 6.61 Å². The molecule has 0 aliphatic carbocycles. The van der Waals surface area contributed by atoms with Crippen molar-refractivity contribution >= 4 is 0 Å². The van der Waals surface area contributed by atoms with Gasteiger partial charge in [0.2, 0.25) is 0 Å². The molecule has 0 saturated carbocycles. The number of hydrogen-bond acceptors (Lipinski definition) is 2. The van der Waals surface area contributed by atoms with Crippen LogP contribution in [0.25, 0.3) is 0 Å². The zero-order valence-electron chi connectivity index (χ0n) is 7.50. The normalized spacial score (nSPS) is 10.2. The van der Waals surface area contributed by atoms with E-state index < -0.39 is 0 Å². The zero-order valence-corrected chi connectivity index (χ0v) is 7.50. The van der Waals surface area contributed by atoms with E-state index in [0.717, 1.165) is 11.1 Å². The van der Waals surface area contributed by atoms with Crippen molar-refractivity contribution in [2.45, 2.75) is 20.5 Å². The topological polar surface area (TPSA) is 29.5 Å². The molecular weight excluding hydrogens is 152 g/mol. The molecule has 0 atom stereocenters. The summed E-state index contributed by atoms with van der Waals surface area (Å²) in [6.07, 6.45) is 0. The molecule has 1 aromatic carbocycles. The van der Waals surface area contributed by atoms with Crippen molar-refractivity contribution in [3.8, 4) is 5.75 Å².